The van der Waals surface area contributed by atoms with Crippen LogP contribution in [0.3, 0.4) is 0 Å². The van der Waals surface area contributed by atoms with E-state index in [9.17, 15) is 14.4 Å². The van der Waals surface area contributed by atoms with Crippen LogP contribution in [0.2, 0.25) is 0 Å². The lowest BCUT2D eigenvalue weighted by Crippen LogP contribution is -2.30. The third-order valence-electron chi connectivity index (χ3n) is 13.7. The third-order valence-corrected chi connectivity index (χ3v) is 13.7. The molecule has 0 radical (unpaired) electrons. The van der Waals surface area contributed by atoms with Gasteiger partial charge in [0.15, 0.2) is 6.10 Å². The van der Waals surface area contributed by atoms with Crippen molar-refractivity contribution in [2.75, 3.05) is 13.2 Å². The maximum absolute atomic E-state index is 12.8. The molecule has 0 amide bonds. The van der Waals surface area contributed by atoms with Gasteiger partial charge in [0.1, 0.15) is 13.2 Å². The number of carbonyl (C=O) groups is 3. The van der Waals surface area contributed by atoms with Gasteiger partial charge in [0.2, 0.25) is 0 Å². The molecule has 0 aromatic heterocycles. The number of hydrogen-bond acceptors (Lipinski definition) is 6. The topological polar surface area (TPSA) is 78.9 Å². The molecule has 0 fully saturated rings. The van der Waals surface area contributed by atoms with Crippen molar-refractivity contribution in [3.05, 3.63) is 85.1 Å². The highest BCUT2D eigenvalue weighted by molar-refractivity contribution is 5.71. The van der Waals surface area contributed by atoms with E-state index in [1.165, 1.54) is 161 Å². The maximum Gasteiger partial charge on any atom is 0.306 e. The Morgan fingerprint density at radius 3 is 0.824 bits per heavy atom. The zero-order valence-electron chi connectivity index (χ0n) is 48.8. The summed E-state index contributed by atoms with van der Waals surface area (Å²) in [7, 11) is 0. The second kappa shape index (κ2) is 62.1. The molecular weight excluding hydrogens is 913 g/mol. The van der Waals surface area contributed by atoms with E-state index in [4.69, 9.17) is 14.2 Å². The van der Waals surface area contributed by atoms with Gasteiger partial charge in [-0.05, 0) is 77.0 Å². The molecule has 0 saturated heterocycles. The van der Waals surface area contributed by atoms with Crippen LogP contribution in [-0.4, -0.2) is 37.2 Å². The van der Waals surface area contributed by atoms with Crippen LogP contribution in [0.25, 0.3) is 0 Å². The van der Waals surface area contributed by atoms with Crippen LogP contribution in [-0.2, 0) is 28.6 Å². The zero-order chi connectivity index (χ0) is 53.6. The van der Waals surface area contributed by atoms with Crippen LogP contribution in [0.5, 0.6) is 0 Å². The Hall–Kier alpha value is -3.41. The summed E-state index contributed by atoms with van der Waals surface area (Å²) in [6, 6.07) is 0. The molecule has 0 bridgehead atoms. The Balaban J connectivity index is 4.20. The maximum atomic E-state index is 12.8. The Morgan fingerprint density at radius 2 is 0.527 bits per heavy atom. The van der Waals surface area contributed by atoms with E-state index < -0.39 is 6.10 Å². The van der Waals surface area contributed by atoms with Crippen LogP contribution in [0.4, 0.5) is 0 Å². The summed E-state index contributed by atoms with van der Waals surface area (Å²) in [5, 5.41) is 0. The molecule has 0 aromatic rings. The van der Waals surface area contributed by atoms with Gasteiger partial charge >= 0.3 is 17.9 Å². The van der Waals surface area contributed by atoms with E-state index in [1.54, 1.807) is 0 Å². The highest BCUT2D eigenvalue weighted by Crippen LogP contribution is 2.16. The SMILES string of the molecule is CC/C=C\C/C=C\C/C=C\C/C=C\C/C=C\C/C=C\C/C=C\CCCCCCCCCCCC(=O)OCC(COC(=O)CCCCCCCCCCCCCC)OC(=O)CCCCCCCCCCCCCCC. The zero-order valence-corrected chi connectivity index (χ0v) is 48.8. The summed E-state index contributed by atoms with van der Waals surface area (Å²) in [4.78, 5) is 38.2. The van der Waals surface area contributed by atoms with Crippen molar-refractivity contribution in [1.29, 1.82) is 0 Å². The molecule has 6 heteroatoms. The molecule has 0 aliphatic carbocycles. The average Bonchev–Trinajstić information content (AvgIpc) is 3.40. The van der Waals surface area contributed by atoms with E-state index in [2.05, 4.69) is 106 Å². The van der Waals surface area contributed by atoms with Gasteiger partial charge in [0.25, 0.3) is 0 Å². The van der Waals surface area contributed by atoms with Crippen LogP contribution in [0, 0.1) is 0 Å². The average molecular weight is 1030 g/mol. The molecule has 0 saturated carbocycles. The second-order valence-electron chi connectivity index (χ2n) is 21.0. The van der Waals surface area contributed by atoms with Gasteiger partial charge in [0.05, 0.1) is 0 Å². The number of esters is 3. The number of unbranched alkanes of at least 4 members (excludes halogenated alkanes) is 32. The monoisotopic (exact) mass is 1030 g/mol. The van der Waals surface area contributed by atoms with Gasteiger partial charge in [-0.25, -0.2) is 0 Å². The summed E-state index contributed by atoms with van der Waals surface area (Å²) in [5.74, 6) is -0.867. The molecule has 6 nitrogen and oxygen atoms in total. The molecular formula is C68H118O6. The van der Waals surface area contributed by atoms with Crippen molar-refractivity contribution in [3.8, 4) is 0 Å². The van der Waals surface area contributed by atoms with Crippen LogP contribution < -0.4 is 0 Å². The smallest absolute Gasteiger partial charge is 0.306 e. The van der Waals surface area contributed by atoms with Gasteiger partial charge in [0, 0.05) is 19.3 Å². The standard InChI is InChI=1S/C68H118O6/c1-4-7-10-13-16-19-22-25-26-27-28-29-30-31-32-33-34-35-36-37-38-39-40-41-42-44-46-49-52-55-58-61-67(70)73-64-65(63-72-66(69)60-57-54-51-48-45-24-21-18-15-12-9-6-3)74-68(71)62-59-56-53-50-47-43-23-20-17-14-11-8-5-2/h7,10,16,19,25-26,28-29,31-32,34-35,37-38,65H,4-6,8-9,11-15,17-18,20-24,27,30,33,36,39-64H2,1-3H3/b10-7-,19-16-,26-25-,29-28-,32-31-,35-34-,38-37-. The van der Waals surface area contributed by atoms with E-state index in [1.807, 2.05) is 0 Å². The van der Waals surface area contributed by atoms with Gasteiger partial charge in [-0.15, -0.1) is 0 Å². The normalized spacial score (nSPS) is 12.6. The summed E-state index contributed by atoms with van der Waals surface area (Å²) in [6.07, 6.45) is 81.6. The molecule has 0 heterocycles. The molecule has 1 atom stereocenters. The minimum absolute atomic E-state index is 0.0729. The molecule has 1 unspecified atom stereocenters. The summed E-state index contributed by atoms with van der Waals surface area (Å²) in [5.41, 5.74) is 0. The summed E-state index contributed by atoms with van der Waals surface area (Å²) in [6.45, 7) is 6.54. The third kappa shape index (κ3) is 59.5. The largest absolute Gasteiger partial charge is 0.462 e. The van der Waals surface area contributed by atoms with Crippen molar-refractivity contribution in [2.24, 2.45) is 0 Å². The van der Waals surface area contributed by atoms with Gasteiger partial charge in [-0.1, -0.05) is 298 Å². The Morgan fingerprint density at radius 1 is 0.284 bits per heavy atom. The first-order chi connectivity index (χ1) is 36.5. The molecule has 0 spiro atoms. The van der Waals surface area contributed by atoms with Crippen molar-refractivity contribution >= 4 is 17.9 Å². The fraction of sp³-hybridized carbons (Fsp3) is 0.750. The number of carbonyl (C=O) groups excluding carboxylic acids is 3. The minimum atomic E-state index is -0.774. The summed E-state index contributed by atoms with van der Waals surface area (Å²) < 4.78 is 16.9. The molecule has 0 aromatic carbocycles. The molecule has 74 heavy (non-hydrogen) atoms. The van der Waals surface area contributed by atoms with Crippen molar-refractivity contribution in [3.63, 3.8) is 0 Å². The van der Waals surface area contributed by atoms with Gasteiger partial charge in [-0.2, -0.15) is 0 Å². The first-order valence-corrected chi connectivity index (χ1v) is 31.6. The Kier molecular flexibility index (Phi) is 59.3. The lowest BCUT2D eigenvalue weighted by atomic mass is 10.0. The van der Waals surface area contributed by atoms with E-state index in [0.29, 0.717) is 19.3 Å². The number of ether oxygens (including phenoxy) is 3. The predicted octanol–water partition coefficient (Wildman–Crippen LogP) is 21.5. The van der Waals surface area contributed by atoms with Crippen LogP contribution in [0.15, 0.2) is 85.1 Å². The number of allylic oxidation sites excluding steroid dienone is 14. The Bertz CT molecular complexity index is 1420. The highest BCUT2D eigenvalue weighted by atomic mass is 16.6. The van der Waals surface area contributed by atoms with E-state index in [0.717, 1.165) is 109 Å². The van der Waals surface area contributed by atoms with Gasteiger partial charge in [-0.3, -0.25) is 14.4 Å². The van der Waals surface area contributed by atoms with Crippen LogP contribution >= 0.6 is 0 Å². The summed E-state index contributed by atoms with van der Waals surface area (Å²) >= 11 is 0. The van der Waals surface area contributed by atoms with Crippen molar-refractivity contribution < 1.29 is 28.6 Å². The lowest BCUT2D eigenvalue weighted by molar-refractivity contribution is -0.167. The minimum Gasteiger partial charge on any atom is -0.462 e. The highest BCUT2D eigenvalue weighted by Gasteiger charge is 2.19. The second-order valence-corrected chi connectivity index (χ2v) is 21.0. The first-order valence-electron chi connectivity index (χ1n) is 31.6. The number of rotatable bonds is 57. The first kappa shape index (κ1) is 70.6. The lowest BCUT2D eigenvalue weighted by Gasteiger charge is -2.18. The quantitative estimate of drug-likeness (QED) is 0.0261. The number of hydrogen-bond donors (Lipinski definition) is 0. The fourth-order valence-corrected chi connectivity index (χ4v) is 8.95. The molecule has 0 aliphatic rings. The predicted molar refractivity (Wildman–Crippen MR) is 321 cm³/mol. The molecule has 0 N–H and O–H groups in total. The van der Waals surface area contributed by atoms with Crippen molar-refractivity contribution in [1.82, 2.24) is 0 Å². The van der Waals surface area contributed by atoms with E-state index in [-0.39, 0.29) is 31.1 Å². The molecule has 0 aliphatic heterocycles. The van der Waals surface area contributed by atoms with Gasteiger partial charge < -0.3 is 14.2 Å². The molecule has 426 valence electrons. The van der Waals surface area contributed by atoms with Crippen molar-refractivity contribution in [2.45, 2.75) is 316 Å². The molecule has 0 rings (SSSR count). The van der Waals surface area contributed by atoms with Crippen LogP contribution in [0.1, 0.15) is 310 Å². The fourth-order valence-electron chi connectivity index (χ4n) is 8.95. The van der Waals surface area contributed by atoms with E-state index >= 15 is 0 Å². The Labute approximate surface area is 458 Å².